The van der Waals surface area contributed by atoms with Gasteiger partial charge >= 0.3 is 0 Å². The zero-order valence-electron chi connectivity index (χ0n) is 18.6. The summed E-state index contributed by atoms with van der Waals surface area (Å²) in [6.07, 6.45) is 0. The van der Waals surface area contributed by atoms with Crippen LogP contribution in [-0.4, -0.2) is 57.3 Å². The van der Waals surface area contributed by atoms with Crippen LogP contribution < -0.4 is 20.1 Å². The van der Waals surface area contributed by atoms with Crippen molar-refractivity contribution < 1.29 is 9.47 Å². The van der Waals surface area contributed by atoms with Crippen LogP contribution in [0.2, 0.25) is 5.02 Å². The van der Waals surface area contributed by atoms with E-state index in [1.54, 1.807) is 62.5 Å². The molecule has 1 aliphatic heterocycles. The van der Waals surface area contributed by atoms with Crippen molar-refractivity contribution in [2.75, 3.05) is 57.3 Å². The van der Waals surface area contributed by atoms with E-state index in [0.717, 1.165) is 5.69 Å². The first kappa shape index (κ1) is 22.8. The van der Waals surface area contributed by atoms with Gasteiger partial charge in [0.05, 0.1) is 31.0 Å². The zero-order chi connectivity index (χ0) is 23.5. The minimum atomic E-state index is -0.383. The van der Waals surface area contributed by atoms with Crippen molar-refractivity contribution in [2.24, 2.45) is 5.18 Å². The molecule has 0 amide bonds. The van der Waals surface area contributed by atoms with E-state index in [2.05, 4.69) is 15.2 Å². The summed E-state index contributed by atoms with van der Waals surface area (Å²) in [4.78, 5) is 28.8. The first-order valence-corrected chi connectivity index (χ1v) is 10.8. The van der Waals surface area contributed by atoms with E-state index in [1.807, 2.05) is 6.07 Å². The summed E-state index contributed by atoms with van der Waals surface area (Å²) >= 11 is 6.46. The molecule has 2 aromatic carbocycles. The number of ether oxygens (including phenoxy) is 2. The van der Waals surface area contributed by atoms with E-state index in [0.29, 0.717) is 59.7 Å². The molecular formula is C23H24ClN5O4. The molecule has 0 atom stereocenters. The molecule has 1 aromatic heterocycles. The fourth-order valence-corrected chi connectivity index (χ4v) is 3.92. The van der Waals surface area contributed by atoms with Crippen LogP contribution in [0.15, 0.2) is 52.4 Å². The Labute approximate surface area is 196 Å². The van der Waals surface area contributed by atoms with Crippen LogP contribution in [0.3, 0.4) is 0 Å². The van der Waals surface area contributed by atoms with Crippen molar-refractivity contribution in [1.29, 1.82) is 0 Å². The van der Waals surface area contributed by atoms with Crippen LogP contribution in [0.25, 0.3) is 16.9 Å². The minimum absolute atomic E-state index is 0.111. The van der Waals surface area contributed by atoms with Crippen LogP contribution in [0.1, 0.15) is 0 Å². The Kier molecular flexibility index (Phi) is 6.62. The zero-order valence-corrected chi connectivity index (χ0v) is 19.4. The van der Waals surface area contributed by atoms with Gasteiger partial charge in [-0.3, -0.25) is 4.79 Å². The number of benzene rings is 2. The van der Waals surface area contributed by atoms with Gasteiger partial charge in [0, 0.05) is 38.4 Å². The van der Waals surface area contributed by atoms with Crippen molar-refractivity contribution in [1.82, 2.24) is 9.78 Å². The highest BCUT2D eigenvalue weighted by atomic mass is 35.5. The van der Waals surface area contributed by atoms with E-state index in [-0.39, 0.29) is 11.2 Å². The first-order chi connectivity index (χ1) is 15.9. The molecule has 172 valence electrons. The Morgan fingerprint density at radius 3 is 2.55 bits per heavy atom. The van der Waals surface area contributed by atoms with E-state index in [4.69, 9.17) is 21.1 Å². The highest BCUT2D eigenvalue weighted by molar-refractivity contribution is 6.33. The first-order valence-electron chi connectivity index (χ1n) is 10.4. The average molecular weight is 470 g/mol. The summed E-state index contributed by atoms with van der Waals surface area (Å²) in [6, 6.07) is 12.0. The second-order valence-electron chi connectivity index (χ2n) is 7.74. The molecule has 10 heteroatoms. The third-order valence-corrected chi connectivity index (χ3v) is 5.82. The van der Waals surface area contributed by atoms with Crippen LogP contribution in [-0.2, 0) is 4.74 Å². The van der Waals surface area contributed by atoms with Gasteiger partial charge in [0.2, 0.25) is 0 Å². The van der Waals surface area contributed by atoms with Crippen LogP contribution in [0.5, 0.6) is 5.75 Å². The normalized spacial score (nSPS) is 13.6. The number of hydrogen-bond acceptors (Lipinski definition) is 8. The van der Waals surface area contributed by atoms with E-state index >= 15 is 0 Å². The Hall–Kier alpha value is -3.43. The predicted octanol–water partition coefficient (Wildman–Crippen LogP) is 3.86. The number of halogens is 1. The van der Waals surface area contributed by atoms with Crippen LogP contribution >= 0.6 is 11.6 Å². The molecule has 3 aromatic rings. The number of nitroso groups, excluding NO2 is 1. The maximum absolute atomic E-state index is 13.4. The molecule has 1 saturated heterocycles. The molecule has 0 unspecified atom stereocenters. The molecule has 0 radical (unpaired) electrons. The summed E-state index contributed by atoms with van der Waals surface area (Å²) in [5.41, 5.74) is 2.31. The van der Waals surface area contributed by atoms with Gasteiger partial charge in [-0.2, -0.15) is 9.78 Å². The van der Waals surface area contributed by atoms with Crippen molar-refractivity contribution in [2.45, 2.75) is 0 Å². The maximum atomic E-state index is 13.4. The average Bonchev–Trinajstić information content (AvgIpc) is 2.84. The van der Waals surface area contributed by atoms with Crippen molar-refractivity contribution in [3.05, 3.63) is 62.7 Å². The third-order valence-electron chi connectivity index (χ3n) is 5.49. The minimum Gasteiger partial charge on any atom is -0.497 e. The summed E-state index contributed by atoms with van der Waals surface area (Å²) in [5, 5.41) is 8.18. The highest BCUT2D eigenvalue weighted by Crippen LogP contribution is 2.33. The Morgan fingerprint density at radius 1 is 1.12 bits per heavy atom. The lowest BCUT2D eigenvalue weighted by Gasteiger charge is -2.29. The number of methoxy groups -OCH3 is 1. The molecule has 0 bridgehead atoms. The van der Waals surface area contributed by atoms with Gasteiger partial charge < -0.3 is 19.3 Å². The molecule has 2 heterocycles. The lowest BCUT2D eigenvalue weighted by Crippen LogP contribution is -2.36. The number of hydrogen-bond donors (Lipinski definition) is 0. The van der Waals surface area contributed by atoms with Gasteiger partial charge in [0.15, 0.2) is 0 Å². The number of morpholine rings is 1. The smallest absolute Gasteiger partial charge is 0.295 e. The SMILES string of the molecule is COc1ccc(Cl)c(-c2cc(N(C)C)c(=O)n(-c3cc(N4CCOCC4)ccc3N=O)n2)c1. The summed E-state index contributed by atoms with van der Waals surface area (Å²) in [7, 11) is 5.09. The molecular weight excluding hydrogens is 446 g/mol. The van der Waals surface area contributed by atoms with Crippen molar-refractivity contribution >= 4 is 28.7 Å². The van der Waals surface area contributed by atoms with Crippen LogP contribution in [0, 0.1) is 4.91 Å². The van der Waals surface area contributed by atoms with Gasteiger partial charge in [-0.05, 0) is 47.6 Å². The molecule has 4 rings (SSSR count). The largest absolute Gasteiger partial charge is 0.497 e. The highest BCUT2D eigenvalue weighted by Gasteiger charge is 2.20. The van der Waals surface area contributed by atoms with Crippen molar-refractivity contribution in [3.8, 4) is 22.7 Å². The quantitative estimate of drug-likeness (QED) is 0.506. The van der Waals surface area contributed by atoms with E-state index < -0.39 is 0 Å². The molecule has 33 heavy (non-hydrogen) atoms. The van der Waals surface area contributed by atoms with Gasteiger partial charge in [-0.1, -0.05) is 11.6 Å². The Balaban J connectivity index is 1.94. The standard InChI is InChI=1S/C23H24ClN5O4/c1-27(2)22-14-20(17-13-16(32-3)5-6-18(17)24)25-29(23(22)30)21-12-15(4-7-19(21)26-31)28-8-10-33-11-9-28/h4-7,12-14H,8-11H2,1-3H3. The fourth-order valence-electron chi connectivity index (χ4n) is 3.70. The summed E-state index contributed by atoms with van der Waals surface area (Å²) < 4.78 is 12.0. The van der Waals surface area contributed by atoms with Gasteiger partial charge in [-0.25, -0.2) is 0 Å². The number of rotatable bonds is 6. The molecule has 0 N–H and O–H groups in total. The van der Waals surface area contributed by atoms with Gasteiger partial charge in [0.25, 0.3) is 5.56 Å². The predicted molar refractivity (Wildman–Crippen MR) is 130 cm³/mol. The van der Waals surface area contributed by atoms with E-state index in [9.17, 15) is 9.70 Å². The lowest BCUT2D eigenvalue weighted by atomic mass is 10.1. The summed E-state index contributed by atoms with van der Waals surface area (Å²) in [5.74, 6) is 0.602. The molecule has 0 aliphatic carbocycles. The van der Waals surface area contributed by atoms with E-state index in [1.165, 1.54) is 4.68 Å². The second kappa shape index (κ2) is 9.60. The number of anilines is 2. The lowest BCUT2D eigenvalue weighted by molar-refractivity contribution is 0.122. The third kappa shape index (κ3) is 4.55. The summed E-state index contributed by atoms with van der Waals surface area (Å²) in [6.45, 7) is 2.63. The monoisotopic (exact) mass is 469 g/mol. The van der Waals surface area contributed by atoms with Gasteiger partial charge in [-0.15, -0.1) is 4.91 Å². The van der Waals surface area contributed by atoms with Gasteiger partial charge in [0.1, 0.15) is 22.8 Å². The molecule has 1 fully saturated rings. The fraction of sp³-hybridized carbons (Fsp3) is 0.304. The molecule has 0 spiro atoms. The van der Waals surface area contributed by atoms with Crippen LogP contribution in [0.4, 0.5) is 17.1 Å². The second-order valence-corrected chi connectivity index (χ2v) is 8.14. The Morgan fingerprint density at radius 2 is 1.88 bits per heavy atom. The van der Waals surface area contributed by atoms with Crippen molar-refractivity contribution in [3.63, 3.8) is 0 Å². The molecule has 1 aliphatic rings. The molecule has 9 nitrogen and oxygen atoms in total. The number of nitrogens with zero attached hydrogens (tertiary/aromatic N) is 5. The topological polar surface area (TPSA) is 89.3 Å². The maximum Gasteiger partial charge on any atom is 0.295 e. The molecule has 0 saturated carbocycles. The Bertz CT molecular complexity index is 1240. The number of aromatic nitrogens is 2.